The average molecular weight is 360 g/mol. The molecular formula is C22H26F2O2. The second kappa shape index (κ2) is 9.46. The van der Waals surface area contributed by atoms with E-state index in [0.29, 0.717) is 25.7 Å². The van der Waals surface area contributed by atoms with Gasteiger partial charge in [0.2, 0.25) is 0 Å². The fourth-order valence-corrected chi connectivity index (χ4v) is 2.92. The van der Waals surface area contributed by atoms with Gasteiger partial charge in [0.05, 0.1) is 5.56 Å². The van der Waals surface area contributed by atoms with E-state index < -0.39 is 6.43 Å². The minimum atomic E-state index is -2.57. The number of hydrogen-bond acceptors (Lipinski definition) is 2. The number of alkyl halides is 2. The van der Waals surface area contributed by atoms with Crippen LogP contribution >= 0.6 is 0 Å². The van der Waals surface area contributed by atoms with Crippen LogP contribution in [0.3, 0.4) is 0 Å². The van der Waals surface area contributed by atoms with Crippen molar-refractivity contribution < 1.29 is 18.3 Å². The zero-order valence-electron chi connectivity index (χ0n) is 15.6. The van der Waals surface area contributed by atoms with E-state index in [-0.39, 0.29) is 23.7 Å². The van der Waals surface area contributed by atoms with Crippen LogP contribution in [0.25, 0.3) is 0 Å². The molecule has 0 aliphatic heterocycles. The summed E-state index contributed by atoms with van der Waals surface area (Å²) in [6.45, 7) is 5.97. The van der Waals surface area contributed by atoms with Crippen molar-refractivity contribution in [1.29, 1.82) is 0 Å². The summed E-state index contributed by atoms with van der Waals surface area (Å²) in [6.07, 6.45) is -0.216. The fraction of sp³-hybridized carbons (Fsp3) is 0.409. The van der Waals surface area contributed by atoms with Crippen molar-refractivity contribution in [3.8, 4) is 5.75 Å². The van der Waals surface area contributed by atoms with E-state index in [1.807, 2.05) is 45.0 Å². The maximum atomic E-state index is 13.4. The van der Waals surface area contributed by atoms with E-state index >= 15 is 0 Å². The molecule has 0 aliphatic rings. The number of ether oxygens (including phenoxy) is 1. The van der Waals surface area contributed by atoms with Gasteiger partial charge in [0.25, 0.3) is 6.43 Å². The number of benzene rings is 2. The highest BCUT2D eigenvalue weighted by Gasteiger charge is 2.16. The minimum Gasteiger partial charge on any atom is -0.488 e. The number of ketones is 1. The van der Waals surface area contributed by atoms with Gasteiger partial charge in [0, 0.05) is 12.8 Å². The standard InChI is InChI=1S/C22H26F2O2/c1-4-16-9-12-21(19(13-16)22(23)24)26-14-20-15(3)7-6-8-17(20)10-11-18(25)5-2/h6-9,12-13,22H,4-5,10-11,14H2,1-3H3. The summed E-state index contributed by atoms with van der Waals surface area (Å²) in [6, 6.07) is 10.9. The summed E-state index contributed by atoms with van der Waals surface area (Å²) in [5.74, 6) is 0.435. The number of carbonyl (C=O) groups is 1. The monoisotopic (exact) mass is 360 g/mol. The van der Waals surface area contributed by atoms with E-state index in [1.165, 1.54) is 6.07 Å². The van der Waals surface area contributed by atoms with E-state index in [2.05, 4.69) is 0 Å². The predicted octanol–water partition coefficient (Wildman–Crippen LogP) is 5.99. The number of hydrogen-bond donors (Lipinski definition) is 0. The molecule has 0 atom stereocenters. The van der Waals surface area contributed by atoms with Crippen LogP contribution in [0.15, 0.2) is 36.4 Å². The third-order valence-corrected chi connectivity index (χ3v) is 4.66. The van der Waals surface area contributed by atoms with Crippen LogP contribution in [0.2, 0.25) is 0 Å². The first kappa shape index (κ1) is 20.1. The highest BCUT2D eigenvalue weighted by atomic mass is 19.3. The zero-order valence-corrected chi connectivity index (χ0v) is 15.6. The molecule has 0 fully saturated rings. The molecule has 2 aromatic carbocycles. The SMILES string of the molecule is CCC(=O)CCc1cccc(C)c1COc1ccc(CC)cc1C(F)F. The summed E-state index contributed by atoms with van der Waals surface area (Å²) in [5.41, 5.74) is 3.84. The van der Waals surface area contributed by atoms with Gasteiger partial charge < -0.3 is 4.74 Å². The van der Waals surface area contributed by atoms with Gasteiger partial charge in [0.15, 0.2) is 0 Å². The van der Waals surface area contributed by atoms with Gasteiger partial charge in [-0.1, -0.05) is 38.1 Å². The molecule has 0 radical (unpaired) electrons. The molecule has 0 heterocycles. The van der Waals surface area contributed by atoms with Gasteiger partial charge in [-0.3, -0.25) is 4.79 Å². The summed E-state index contributed by atoms with van der Waals surface area (Å²) >= 11 is 0. The zero-order chi connectivity index (χ0) is 19.1. The van der Waals surface area contributed by atoms with Crippen molar-refractivity contribution in [2.75, 3.05) is 0 Å². The fourth-order valence-electron chi connectivity index (χ4n) is 2.92. The Hall–Kier alpha value is -2.23. The number of Topliss-reactive ketones (excluding diaryl/α,β-unsaturated/α-hetero) is 1. The molecular weight excluding hydrogens is 334 g/mol. The molecule has 0 saturated carbocycles. The number of carbonyl (C=O) groups excluding carboxylic acids is 1. The summed E-state index contributed by atoms with van der Waals surface area (Å²) in [4.78, 5) is 11.6. The van der Waals surface area contributed by atoms with Crippen LogP contribution in [-0.4, -0.2) is 5.78 Å². The summed E-state index contributed by atoms with van der Waals surface area (Å²) in [5, 5.41) is 0. The number of aryl methyl sites for hydroxylation is 3. The number of rotatable bonds is 9. The van der Waals surface area contributed by atoms with Crippen molar-refractivity contribution in [3.63, 3.8) is 0 Å². The van der Waals surface area contributed by atoms with Crippen LogP contribution < -0.4 is 4.74 Å². The van der Waals surface area contributed by atoms with Gasteiger partial charge in [-0.25, -0.2) is 8.78 Å². The highest BCUT2D eigenvalue weighted by Crippen LogP contribution is 2.31. The van der Waals surface area contributed by atoms with Gasteiger partial charge in [0.1, 0.15) is 18.1 Å². The largest absolute Gasteiger partial charge is 0.488 e. The van der Waals surface area contributed by atoms with Gasteiger partial charge >= 0.3 is 0 Å². The summed E-state index contributed by atoms with van der Waals surface area (Å²) < 4.78 is 32.5. The second-order valence-corrected chi connectivity index (χ2v) is 6.42. The minimum absolute atomic E-state index is 0.0688. The Balaban J connectivity index is 2.20. The quantitative estimate of drug-likeness (QED) is 0.549. The molecule has 0 spiro atoms. The van der Waals surface area contributed by atoms with E-state index in [9.17, 15) is 13.6 Å². The lowest BCUT2D eigenvalue weighted by molar-refractivity contribution is -0.118. The second-order valence-electron chi connectivity index (χ2n) is 6.42. The molecule has 0 amide bonds. The lowest BCUT2D eigenvalue weighted by Crippen LogP contribution is -2.06. The highest BCUT2D eigenvalue weighted by molar-refractivity contribution is 5.78. The average Bonchev–Trinajstić information content (AvgIpc) is 2.65. The molecule has 2 rings (SSSR count). The molecule has 0 aliphatic carbocycles. The van der Waals surface area contributed by atoms with Gasteiger partial charge in [-0.2, -0.15) is 0 Å². The van der Waals surface area contributed by atoms with E-state index in [4.69, 9.17) is 4.74 Å². The van der Waals surface area contributed by atoms with Crippen molar-refractivity contribution in [1.82, 2.24) is 0 Å². The smallest absolute Gasteiger partial charge is 0.267 e. The van der Waals surface area contributed by atoms with Crippen molar-refractivity contribution in [2.45, 2.75) is 59.5 Å². The molecule has 26 heavy (non-hydrogen) atoms. The molecule has 4 heteroatoms. The summed E-state index contributed by atoms with van der Waals surface area (Å²) in [7, 11) is 0. The molecule has 0 N–H and O–H groups in total. The van der Waals surface area contributed by atoms with Crippen molar-refractivity contribution in [3.05, 3.63) is 64.2 Å². The molecule has 2 nitrogen and oxygen atoms in total. The molecule has 0 aromatic heterocycles. The van der Waals surface area contributed by atoms with Crippen molar-refractivity contribution in [2.24, 2.45) is 0 Å². The van der Waals surface area contributed by atoms with Crippen LogP contribution in [0.5, 0.6) is 5.75 Å². The number of halogens is 2. The lowest BCUT2D eigenvalue weighted by Gasteiger charge is -2.16. The van der Waals surface area contributed by atoms with Crippen LogP contribution in [0.4, 0.5) is 8.78 Å². The first-order valence-corrected chi connectivity index (χ1v) is 9.09. The molecule has 140 valence electrons. The van der Waals surface area contributed by atoms with Crippen molar-refractivity contribution >= 4 is 5.78 Å². The van der Waals surface area contributed by atoms with Gasteiger partial charge in [-0.05, 0) is 54.2 Å². The first-order chi connectivity index (χ1) is 12.5. The molecule has 0 unspecified atom stereocenters. The Kier molecular flexibility index (Phi) is 7.31. The Bertz CT molecular complexity index is 754. The van der Waals surface area contributed by atoms with Crippen LogP contribution in [-0.2, 0) is 24.2 Å². The van der Waals surface area contributed by atoms with E-state index in [0.717, 1.165) is 22.3 Å². The Morgan fingerprint density at radius 1 is 1.15 bits per heavy atom. The Morgan fingerprint density at radius 3 is 2.58 bits per heavy atom. The third-order valence-electron chi connectivity index (χ3n) is 4.66. The molecule has 0 bridgehead atoms. The topological polar surface area (TPSA) is 26.3 Å². The van der Waals surface area contributed by atoms with Gasteiger partial charge in [-0.15, -0.1) is 0 Å². The molecule has 0 saturated heterocycles. The van der Waals surface area contributed by atoms with Crippen LogP contribution in [0, 0.1) is 6.92 Å². The lowest BCUT2D eigenvalue weighted by atomic mass is 9.97. The Labute approximate surface area is 154 Å². The van der Waals surface area contributed by atoms with Crippen LogP contribution in [0.1, 0.15) is 60.9 Å². The first-order valence-electron chi connectivity index (χ1n) is 9.09. The van der Waals surface area contributed by atoms with E-state index in [1.54, 1.807) is 6.07 Å². The Morgan fingerprint density at radius 2 is 1.92 bits per heavy atom. The molecule has 2 aromatic rings. The maximum Gasteiger partial charge on any atom is 0.267 e. The third kappa shape index (κ3) is 5.13. The predicted molar refractivity (Wildman–Crippen MR) is 99.9 cm³/mol. The normalized spacial score (nSPS) is 11.0. The maximum absolute atomic E-state index is 13.4.